The summed E-state index contributed by atoms with van der Waals surface area (Å²) >= 11 is 0. The minimum Gasteiger partial charge on any atom is -0.369 e. The monoisotopic (exact) mass is 313 g/mol. The second-order valence-electron chi connectivity index (χ2n) is 5.68. The second-order valence-corrected chi connectivity index (χ2v) is 5.68. The molecule has 0 bridgehead atoms. The van der Waals surface area contributed by atoms with Crippen LogP contribution in [-0.2, 0) is 0 Å². The molecule has 0 radical (unpaired) electrons. The molecular formula is C17H23N5O. The van der Waals surface area contributed by atoms with E-state index in [-0.39, 0.29) is 5.78 Å². The summed E-state index contributed by atoms with van der Waals surface area (Å²) in [4.78, 5) is 22.3. The molecule has 0 saturated carbocycles. The van der Waals surface area contributed by atoms with Crippen molar-refractivity contribution in [1.29, 1.82) is 0 Å². The van der Waals surface area contributed by atoms with E-state index in [4.69, 9.17) is 0 Å². The topological polar surface area (TPSA) is 70.2 Å². The van der Waals surface area contributed by atoms with Crippen LogP contribution in [0.15, 0.2) is 30.3 Å². The molecule has 0 spiro atoms. The van der Waals surface area contributed by atoms with Gasteiger partial charge in [-0.05, 0) is 40.1 Å². The highest BCUT2D eigenvalue weighted by molar-refractivity contribution is 5.95. The van der Waals surface area contributed by atoms with Gasteiger partial charge in [0, 0.05) is 30.4 Å². The van der Waals surface area contributed by atoms with Gasteiger partial charge in [-0.25, -0.2) is 9.97 Å². The van der Waals surface area contributed by atoms with Gasteiger partial charge in [-0.15, -0.1) is 0 Å². The lowest BCUT2D eigenvalue weighted by atomic mass is 10.1. The van der Waals surface area contributed by atoms with Gasteiger partial charge in [0.25, 0.3) is 0 Å². The van der Waals surface area contributed by atoms with Crippen molar-refractivity contribution in [2.24, 2.45) is 0 Å². The SMILES string of the molecule is CC(=O)c1cccc(Nc2cc(NCCN(C)C)nc(C)n2)c1. The molecule has 23 heavy (non-hydrogen) atoms. The Bertz CT molecular complexity index is 684. The van der Waals surface area contributed by atoms with E-state index in [1.54, 1.807) is 13.0 Å². The highest BCUT2D eigenvalue weighted by atomic mass is 16.1. The quantitative estimate of drug-likeness (QED) is 0.766. The first-order valence-electron chi connectivity index (χ1n) is 7.56. The summed E-state index contributed by atoms with van der Waals surface area (Å²) in [6.45, 7) is 5.14. The lowest BCUT2D eigenvalue weighted by molar-refractivity contribution is 0.101. The molecule has 0 aliphatic carbocycles. The minimum atomic E-state index is 0.0403. The Balaban J connectivity index is 2.12. The van der Waals surface area contributed by atoms with Crippen LogP contribution in [0.25, 0.3) is 0 Å². The smallest absolute Gasteiger partial charge is 0.159 e. The van der Waals surface area contributed by atoms with Crippen LogP contribution in [-0.4, -0.2) is 47.8 Å². The van der Waals surface area contributed by atoms with Gasteiger partial charge in [0.1, 0.15) is 17.5 Å². The maximum Gasteiger partial charge on any atom is 0.159 e. The van der Waals surface area contributed by atoms with Crippen LogP contribution in [0.1, 0.15) is 23.1 Å². The lowest BCUT2D eigenvalue weighted by Crippen LogP contribution is -2.21. The van der Waals surface area contributed by atoms with Crippen molar-refractivity contribution < 1.29 is 4.79 Å². The van der Waals surface area contributed by atoms with Crippen LogP contribution in [0.5, 0.6) is 0 Å². The van der Waals surface area contributed by atoms with E-state index < -0.39 is 0 Å². The zero-order chi connectivity index (χ0) is 16.8. The normalized spacial score (nSPS) is 10.7. The molecule has 0 saturated heterocycles. The lowest BCUT2D eigenvalue weighted by Gasteiger charge is -2.13. The van der Waals surface area contributed by atoms with Crippen molar-refractivity contribution in [3.05, 3.63) is 41.7 Å². The van der Waals surface area contributed by atoms with Crippen molar-refractivity contribution >= 4 is 23.1 Å². The number of hydrogen-bond acceptors (Lipinski definition) is 6. The van der Waals surface area contributed by atoms with Crippen LogP contribution in [0.3, 0.4) is 0 Å². The Morgan fingerprint density at radius 1 is 1.17 bits per heavy atom. The van der Waals surface area contributed by atoms with Gasteiger partial charge in [-0.2, -0.15) is 0 Å². The number of aromatic nitrogens is 2. The number of rotatable bonds is 7. The molecule has 1 heterocycles. The molecule has 0 atom stereocenters. The number of nitrogens with one attached hydrogen (secondary N) is 2. The van der Waals surface area contributed by atoms with E-state index in [0.717, 1.165) is 24.6 Å². The van der Waals surface area contributed by atoms with E-state index in [0.29, 0.717) is 17.2 Å². The fraction of sp³-hybridized carbons (Fsp3) is 0.353. The number of likely N-dealkylation sites (N-methyl/N-ethyl adjacent to an activating group) is 1. The van der Waals surface area contributed by atoms with Crippen LogP contribution in [0, 0.1) is 6.92 Å². The number of Topliss-reactive ketones (excluding diaryl/α,β-unsaturated/α-hetero) is 1. The Labute approximate surface area is 137 Å². The number of ketones is 1. The Morgan fingerprint density at radius 2 is 1.91 bits per heavy atom. The van der Waals surface area contributed by atoms with Gasteiger partial charge in [0.05, 0.1) is 0 Å². The summed E-state index contributed by atoms with van der Waals surface area (Å²) < 4.78 is 0. The predicted molar refractivity (Wildman–Crippen MR) is 93.5 cm³/mol. The number of carbonyl (C=O) groups is 1. The molecule has 2 rings (SSSR count). The molecule has 1 aromatic heterocycles. The van der Waals surface area contributed by atoms with E-state index in [1.165, 1.54) is 0 Å². The zero-order valence-electron chi connectivity index (χ0n) is 14.1. The molecule has 6 nitrogen and oxygen atoms in total. The molecule has 122 valence electrons. The van der Waals surface area contributed by atoms with E-state index >= 15 is 0 Å². The fourth-order valence-corrected chi connectivity index (χ4v) is 2.09. The number of carbonyl (C=O) groups excluding carboxylic acids is 1. The van der Waals surface area contributed by atoms with Crippen molar-refractivity contribution in [1.82, 2.24) is 14.9 Å². The summed E-state index contributed by atoms with van der Waals surface area (Å²) in [5.41, 5.74) is 1.50. The molecule has 0 fully saturated rings. The number of nitrogens with zero attached hydrogens (tertiary/aromatic N) is 3. The summed E-state index contributed by atoms with van der Waals surface area (Å²) in [6, 6.07) is 9.24. The molecule has 6 heteroatoms. The predicted octanol–water partition coefficient (Wildman–Crippen LogP) is 2.70. The summed E-state index contributed by atoms with van der Waals surface area (Å²) in [5.74, 6) is 2.21. The van der Waals surface area contributed by atoms with Crippen molar-refractivity contribution in [2.75, 3.05) is 37.8 Å². The highest BCUT2D eigenvalue weighted by Gasteiger charge is 2.05. The van der Waals surface area contributed by atoms with Crippen molar-refractivity contribution in [2.45, 2.75) is 13.8 Å². The molecule has 0 aliphatic rings. The summed E-state index contributed by atoms with van der Waals surface area (Å²) in [7, 11) is 4.06. The third kappa shape index (κ3) is 5.34. The Kier molecular flexibility index (Phi) is 5.65. The number of benzene rings is 1. The standard InChI is InChI=1S/C17H23N5O/c1-12(23)14-6-5-7-15(10-14)21-17-11-16(19-13(2)20-17)18-8-9-22(3)4/h5-7,10-11H,8-9H2,1-4H3,(H2,18,19,20,21). The minimum absolute atomic E-state index is 0.0403. The fourth-order valence-electron chi connectivity index (χ4n) is 2.09. The van der Waals surface area contributed by atoms with Crippen LogP contribution >= 0.6 is 0 Å². The molecule has 2 aromatic rings. The van der Waals surface area contributed by atoms with E-state index in [2.05, 4.69) is 25.5 Å². The van der Waals surface area contributed by atoms with Crippen LogP contribution in [0.2, 0.25) is 0 Å². The van der Waals surface area contributed by atoms with Gasteiger partial charge in [0.2, 0.25) is 0 Å². The zero-order valence-corrected chi connectivity index (χ0v) is 14.1. The average molecular weight is 313 g/mol. The van der Waals surface area contributed by atoms with Crippen LogP contribution < -0.4 is 10.6 Å². The number of aryl methyl sites for hydroxylation is 1. The third-order valence-corrected chi connectivity index (χ3v) is 3.24. The first-order chi connectivity index (χ1) is 10.9. The van der Waals surface area contributed by atoms with Gasteiger partial charge in [-0.1, -0.05) is 12.1 Å². The van der Waals surface area contributed by atoms with Crippen LogP contribution in [0.4, 0.5) is 17.3 Å². The van der Waals surface area contributed by atoms with Gasteiger partial charge < -0.3 is 15.5 Å². The summed E-state index contributed by atoms with van der Waals surface area (Å²) in [5, 5.41) is 6.51. The Hall–Kier alpha value is -2.47. The van der Waals surface area contributed by atoms with Crippen molar-refractivity contribution in [3.63, 3.8) is 0 Å². The molecular weight excluding hydrogens is 290 g/mol. The third-order valence-electron chi connectivity index (χ3n) is 3.24. The molecule has 0 amide bonds. The second kappa shape index (κ2) is 7.69. The van der Waals surface area contributed by atoms with Gasteiger partial charge in [-0.3, -0.25) is 4.79 Å². The molecule has 1 aromatic carbocycles. The van der Waals surface area contributed by atoms with E-state index in [9.17, 15) is 4.79 Å². The number of hydrogen-bond donors (Lipinski definition) is 2. The summed E-state index contributed by atoms with van der Waals surface area (Å²) in [6.07, 6.45) is 0. The first-order valence-corrected chi connectivity index (χ1v) is 7.56. The highest BCUT2D eigenvalue weighted by Crippen LogP contribution is 2.18. The van der Waals surface area contributed by atoms with Gasteiger partial charge >= 0.3 is 0 Å². The maximum absolute atomic E-state index is 11.5. The van der Waals surface area contributed by atoms with Crippen molar-refractivity contribution in [3.8, 4) is 0 Å². The molecule has 0 aliphatic heterocycles. The Morgan fingerprint density at radius 3 is 2.61 bits per heavy atom. The largest absolute Gasteiger partial charge is 0.369 e. The molecule has 0 unspecified atom stereocenters. The number of anilines is 3. The first kappa shape index (κ1) is 16.9. The average Bonchev–Trinajstić information content (AvgIpc) is 2.46. The van der Waals surface area contributed by atoms with E-state index in [1.807, 2.05) is 45.3 Å². The van der Waals surface area contributed by atoms with Gasteiger partial charge in [0.15, 0.2) is 5.78 Å². The maximum atomic E-state index is 11.5. The molecule has 2 N–H and O–H groups in total.